The minimum Gasteiger partial charge on any atom is -0.507 e. The number of nitrogens with one attached hydrogen (secondary N) is 2. The van der Waals surface area contributed by atoms with Crippen molar-refractivity contribution >= 4 is 75.4 Å². The average molecular weight is 643 g/mol. The van der Waals surface area contributed by atoms with Gasteiger partial charge in [-0.15, -0.1) is 0 Å². The van der Waals surface area contributed by atoms with Crippen LogP contribution in [0.4, 0.5) is 0 Å². The molecule has 10 rings (SSSR count). The molecule has 0 aliphatic carbocycles. The summed E-state index contributed by atoms with van der Waals surface area (Å²) in [6.45, 7) is 4.81. The van der Waals surface area contributed by atoms with Crippen LogP contribution in [-0.4, -0.2) is 43.7 Å². The largest absolute Gasteiger partial charge is 0.507 e. The number of hydrogen-bond donors (Lipinski definition) is 8. The molecule has 2 unspecified atom stereocenters. The zero-order chi connectivity index (χ0) is 33.2. The van der Waals surface area contributed by atoms with Crippen LogP contribution in [0.25, 0.3) is 75.4 Å². The van der Waals surface area contributed by atoms with Gasteiger partial charge in [0.2, 0.25) is 5.43 Å². The molecule has 0 saturated carbocycles. The lowest BCUT2D eigenvalue weighted by Gasteiger charge is -2.28. The Morgan fingerprint density at radius 1 is 0.500 bits per heavy atom. The Morgan fingerprint density at radius 3 is 1.48 bits per heavy atom. The van der Waals surface area contributed by atoms with Crippen molar-refractivity contribution in [3.05, 3.63) is 54.8 Å². The zero-order valence-corrected chi connectivity index (χ0v) is 26.1. The Labute approximate surface area is 270 Å². The fourth-order valence-corrected chi connectivity index (χ4v) is 9.64. The highest BCUT2D eigenvalue weighted by atomic mass is 16.3. The van der Waals surface area contributed by atoms with E-state index in [1.165, 1.54) is 12.1 Å². The van der Waals surface area contributed by atoms with Gasteiger partial charge in [0.25, 0.3) is 0 Å². The van der Waals surface area contributed by atoms with Crippen molar-refractivity contribution in [2.45, 2.75) is 51.6 Å². The summed E-state index contributed by atoms with van der Waals surface area (Å²) in [6.07, 6.45) is 2.68. The Balaban J connectivity index is 1.68. The lowest BCUT2D eigenvalue weighted by Crippen LogP contribution is -2.16. The average Bonchev–Trinajstić information content (AvgIpc) is 3.76. The number of hydrogen-bond acceptors (Lipinski definition) is 10. The fraction of sp³-hybridized carbons (Fsp3) is 0.263. The van der Waals surface area contributed by atoms with Crippen LogP contribution in [0.15, 0.2) is 21.7 Å². The van der Waals surface area contributed by atoms with Crippen molar-refractivity contribution in [3.8, 4) is 34.5 Å². The van der Waals surface area contributed by atoms with Crippen molar-refractivity contribution in [1.29, 1.82) is 0 Å². The fourth-order valence-electron chi connectivity index (χ4n) is 9.64. The molecule has 2 aliphatic heterocycles. The molecule has 0 aromatic heterocycles. The third-order valence-corrected chi connectivity index (χ3v) is 11.5. The first-order chi connectivity index (χ1) is 23.0. The molecule has 2 fully saturated rings. The summed E-state index contributed by atoms with van der Waals surface area (Å²) in [4.78, 5) is 28.6. The Hall–Kier alpha value is -5.32. The van der Waals surface area contributed by atoms with E-state index in [4.69, 9.17) is 0 Å². The molecule has 2 atom stereocenters. The normalized spacial score (nSPS) is 19.0. The SMILES string of the molecule is Cc1cc(=O)c2c(O)c3c(O)c(C4CCCN4)c(O)c4c5c(O)c(C6CCCN6)c(O)c6c(=O)c7c(O)cc(C)c8c1c2c(c34)c(c65)c78. The Morgan fingerprint density at radius 2 is 0.938 bits per heavy atom. The maximum absolute atomic E-state index is 14.7. The predicted molar refractivity (Wildman–Crippen MR) is 186 cm³/mol. The van der Waals surface area contributed by atoms with Crippen LogP contribution in [0.2, 0.25) is 0 Å². The molecule has 0 amide bonds. The van der Waals surface area contributed by atoms with E-state index in [0.29, 0.717) is 69.4 Å². The maximum Gasteiger partial charge on any atom is 0.201 e. The summed E-state index contributed by atoms with van der Waals surface area (Å²) in [7, 11) is 0. The van der Waals surface area contributed by atoms with Crippen LogP contribution in [0.3, 0.4) is 0 Å². The summed E-state index contributed by atoms with van der Waals surface area (Å²) in [6, 6.07) is 1.91. The van der Waals surface area contributed by atoms with E-state index in [1.807, 2.05) is 0 Å². The molecule has 0 radical (unpaired) electrons. The van der Waals surface area contributed by atoms with Crippen LogP contribution in [0.5, 0.6) is 34.5 Å². The van der Waals surface area contributed by atoms with Gasteiger partial charge >= 0.3 is 0 Å². The summed E-state index contributed by atoms with van der Waals surface area (Å²) in [5.74, 6) is -2.18. The van der Waals surface area contributed by atoms with E-state index >= 15 is 0 Å². The summed E-state index contributed by atoms with van der Waals surface area (Å²) in [5, 5.41) is 81.9. The van der Waals surface area contributed by atoms with Gasteiger partial charge in [0.15, 0.2) is 5.43 Å². The smallest absolute Gasteiger partial charge is 0.201 e. The molecule has 0 spiro atoms. The predicted octanol–water partition coefficient (Wildman–Crippen LogP) is 5.93. The second-order valence-corrected chi connectivity index (χ2v) is 13.9. The Kier molecular flexibility index (Phi) is 5.07. The van der Waals surface area contributed by atoms with E-state index in [-0.39, 0.29) is 77.2 Å². The highest BCUT2D eigenvalue weighted by Gasteiger charge is 2.38. The van der Waals surface area contributed by atoms with E-state index in [1.54, 1.807) is 13.8 Å². The standard InChI is InChI=1S/C38H30N2O8/c1-11-9-15(41)21-23-17(11)18-12(2)10-16(42)22-24(18)26-25(23)27-29(33(43)19(13-5-3-7-39-13)35(45)31(27)37(21)47)30-28(26)32(38(22)48)36(46)20(34(30)44)14-6-4-8-40-14/h9-10,13-14,39-41,43-46,48H,3-8H2,1-2H3. The second-order valence-electron chi connectivity index (χ2n) is 13.9. The van der Waals surface area contributed by atoms with Crippen molar-refractivity contribution in [3.63, 3.8) is 0 Å². The lowest BCUT2D eigenvalue weighted by atomic mass is 9.76. The second kappa shape index (κ2) is 8.77. The van der Waals surface area contributed by atoms with Crippen molar-refractivity contribution in [2.75, 3.05) is 13.1 Å². The first-order valence-corrected chi connectivity index (χ1v) is 16.3. The van der Waals surface area contributed by atoms with Gasteiger partial charge in [-0.3, -0.25) is 9.59 Å². The number of aryl methyl sites for hydroxylation is 2. The first-order valence-electron chi connectivity index (χ1n) is 16.3. The minimum absolute atomic E-state index is 0.0235. The van der Waals surface area contributed by atoms with Gasteiger partial charge in [0.1, 0.15) is 34.5 Å². The van der Waals surface area contributed by atoms with E-state index in [9.17, 15) is 40.2 Å². The quantitative estimate of drug-likeness (QED) is 0.0832. The van der Waals surface area contributed by atoms with Gasteiger partial charge in [0.05, 0.1) is 32.7 Å². The number of phenols is 6. The number of aromatic hydroxyl groups is 6. The maximum atomic E-state index is 14.7. The Bertz CT molecular complexity index is 2850. The van der Waals surface area contributed by atoms with Gasteiger partial charge < -0.3 is 41.3 Å². The summed E-state index contributed by atoms with van der Waals surface area (Å²) >= 11 is 0. The lowest BCUT2D eigenvalue weighted by molar-refractivity contribution is 0.426. The molecule has 8 aromatic carbocycles. The van der Waals surface area contributed by atoms with Crippen LogP contribution in [0, 0.1) is 13.8 Å². The molecule has 2 saturated heterocycles. The highest BCUT2D eigenvalue weighted by molar-refractivity contribution is 6.51. The van der Waals surface area contributed by atoms with Gasteiger partial charge in [-0.1, -0.05) is 0 Å². The van der Waals surface area contributed by atoms with Gasteiger partial charge in [-0.25, -0.2) is 0 Å². The molecular weight excluding hydrogens is 612 g/mol. The third-order valence-electron chi connectivity index (χ3n) is 11.5. The van der Waals surface area contributed by atoms with Gasteiger partial charge in [0, 0.05) is 55.2 Å². The van der Waals surface area contributed by atoms with E-state index in [0.717, 1.165) is 12.8 Å². The van der Waals surface area contributed by atoms with Crippen molar-refractivity contribution < 1.29 is 30.6 Å². The van der Waals surface area contributed by atoms with Crippen LogP contribution >= 0.6 is 0 Å². The van der Waals surface area contributed by atoms with Crippen LogP contribution < -0.4 is 21.5 Å². The molecular formula is C38H30N2O8. The molecule has 8 aromatic rings. The van der Waals surface area contributed by atoms with E-state index < -0.39 is 34.4 Å². The number of fused-ring (bicyclic) bond motifs is 2. The van der Waals surface area contributed by atoms with Gasteiger partial charge in [-0.2, -0.15) is 0 Å². The topological polar surface area (TPSA) is 180 Å². The minimum atomic E-state index is -0.632. The molecule has 240 valence electrons. The zero-order valence-electron chi connectivity index (χ0n) is 26.1. The molecule has 10 nitrogen and oxygen atoms in total. The molecule has 2 aliphatic rings. The van der Waals surface area contributed by atoms with E-state index in [2.05, 4.69) is 10.6 Å². The third kappa shape index (κ3) is 2.90. The molecule has 10 heteroatoms. The molecule has 2 heterocycles. The summed E-state index contributed by atoms with van der Waals surface area (Å²) < 4.78 is 0. The first kappa shape index (κ1) is 27.8. The number of phenolic OH excluding ortho intramolecular Hbond substituents is 6. The number of rotatable bonds is 2. The van der Waals surface area contributed by atoms with Crippen LogP contribution in [-0.2, 0) is 0 Å². The molecule has 48 heavy (non-hydrogen) atoms. The van der Waals surface area contributed by atoms with Crippen LogP contribution in [0.1, 0.15) is 60.0 Å². The van der Waals surface area contributed by atoms with Crippen molar-refractivity contribution in [1.82, 2.24) is 10.6 Å². The van der Waals surface area contributed by atoms with Gasteiger partial charge in [-0.05, 0) is 86.7 Å². The monoisotopic (exact) mass is 642 g/mol. The number of benzene rings is 8. The molecule has 8 N–H and O–H groups in total. The summed E-state index contributed by atoms with van der Waals surface area (Å²) in [5.41, 5.74) is 0.320. The highest BCUT2D eigenvalue weighted by Crippen LogP contribution is 2.61. The molecule has 0 bridgehead atoms. The van der Waals surface area contributed by atoms with Crippen molar-refractivity contribution in [2.24, 2.45) is 0 Å².